The molecular weight excluding hydrogens is 330 g/mol. The third-order valence-corrected chi connectivity index (χ3v) is 4.66. The summed E-state index contributed by atoms with van der Waals surface area (Å²) in [6.07, 6.45) is 4.23. The fourth-order valence-corrected chi connectivity index (χ4v) is 3.12. The molecule has 0 aliphatic carbocycles. The first-order valence-corrected chi connectivity index (χ1v) is 8.71. The average Bonchev–Trinajstić information content (AvgIpc) is 2.80. The van der Waals surface area contributed by atoms with Gasteiger partial charge < -0.3 is 20.4 Å². The summed E-state index contributed by atoms with van der Waals surface area (Å²) in [5.74, 6) is 0.785. The number of halogens is 1. The molecule has 130 valence electrons. The maximum Gasteiger partial charge on any atom is 0.318 e. The SMILES string of the molecule is O=C1NCCCCC1NC(=O)N1CCN(c2ccc(Cl)cn2)CC1. The number of nitrogens with one attached hydrogen (secondary N) is 2. The van der Waals surface area contributed by atoms with E-state index in [1.807, 2.05) is 12.1 Å². The van der Waals surface area contributed by atoms with Crippen molar-refractivity contribution in [3.8, 4) is 0 Å². The molecule has 0 radical (unpaired) electrons. The smallest absolute Gasteiger partial charge is 0.318 e. The number of piperazine rings is 1. The summed E-state index contributed by atoms with van der Waals surface area (Å²) >= 11 is 5.86. The minimum absolute atomic E-state index is 0.0788. The Kier molecular flexibility index (Phi) is 5.40. The molecule has 1 aromatic heterocycles. The van der Waals surface area contributed by atoms with Crippen LogP contribution >= 0.6 is 11.6 Å². The highest BCUT2D eigenvalue weighted by atomic mass is 35.5. The molecule has 2 fully saturated rings. The number of anilines is 1. The van der Waals surface area contributed by atoms with Gasteiger partial charge in [0.2, 0.25) is 5.91 Å². The number of rotatable bonds is 2. The largest absolute Gasteiger partial charge is 0.354 e. The van der Waals surface area contributed by atoms with Crippen molar-refractivity contribution in [1.29, 1.82) is 0 Å². The lowest BCUT2D eigenvalue weighted by atomic mass is 10.1. The Hall–Kier alpha value is -2.02. The maximum absolute atomic E-state index is 12.4. The van der Waals surface area contributed by atoms with E-state index < -0.39 is 6.04 Å². The molecule has 1 atom stereocenters. The lowest BCUT2D eigenvalue weighted by Gasteiger charge is -2.36. The zero-order valence-electron chi connectivity index (χ0n) is 13.5. The zero-order valence-corrected chi connectivity index (χ0v) is 14.3. The molecule has 0 aromatic carbocycles. The van der Waals surface area contributed by atoms with Crippen LogP contribution in [0.1, 0.15) is 19.3 Å². The summed E-state index contributed by atoms with van der Waals surface area (Å²) in [6.45, 7) is 3.31. The zero-order chi connectivity index (χ0) is 16.9. The van der Waals surface area contributed by atoms with E-state index in [-0.39, 0.29) is 11.9 Å². The number of aromatic nitrogens is 1. The number of hydrogen-bond donors (Lipinski definition) is 2. The van der Waals surface area contributed by atoms with Crippen LogP contribution in [0, 0.1) is 0 Å². The van der Waals surface area contributed by atoms with E-state index in [4.69, 9.17) is 11.6 Å². The van der Waals surface area contributed by atoms with E-state index in [1.54, 1.807) is 11.1 Å². The van der Waals surface area contributed by atoms with Gasteiger partial charge in [0.05, 0.1) is 5.02 Å². The lowest BCUT2D eigenvalue weighted by Crippen LogP contribution is -2.55. The second-order valence-corrected chi connectivity index (χ2v) is 6.53. The number of carbonyl (C=O) groups is 2. The minimum atomic E-state index is -0.420. The molecule has 2 saturated heterocycles. The third-order valence-electron chi connectivity index (χ3n) is 4.44. The lowest BCUT2D eigenvalue weighted by molar-refractivity contribution is -0.122. The van der Waals surface area contributed by atoms with Gasteiger partial charge in [-0.25, -0.2) is 9.78 Å². The van der Waals surface area contributed by atoms with Gasteiger partial charge in [-0.05, 0) is 31.4 Å². The van der Waals surface area contributed by atoms with Crippen LogP contribution in [0.5, 0.6) is 0 Å². The monoisotopic (exact) mass is 351 g/mol. The minimum Gasteiger partial charge on any atom is -0.354 e. The first-order chi connectivity index (χ1) is 11.6. The summed E-state index contributed by atoms with van der Waals surface area (Å²) < 4.78 is 0. The van der Waals surface area contributed by atoms with Crippen LogP contribution < -0.4 is 15.5 Å². The highest BCUT2D eigenvalue weighted by Gasteiger charge is 2.27. The summed E-state index contributed by atoms with van der Waals surface area (Å²) in [6, 6.07) is 3.11. The number of amides is 3. The Bertz CT molecular complexity index is 587. The third kappa shape index (κ3) is 4.08. The van der Waals surface area contributed by atoms with E-state index in [0.717, 1.165) is 18.7 Å². The summed E-state index contributed by atoms with van der Waals surface area (Å²) in [4.78, 5) is 32.5. The van der Waals surface area contributed by atoms with Gasteiger partial charge in [-0.2, -0.15) is 0 Å². The number of pyridine rings is 1. The quantitative estimate of drug-likeness (QED) is 0.840. The topological polar surface area (TPSA) is 77.6 Å². The van der Waals surface area contributed by atoms with Crippen molar-refractivity contribution >= 4 is 29.4 Å². The van der Waals surface area contributed by atoms with E-state index in [2.05, 4.69) is 20.5 Å². The number of nitrogens with zero attached hydrogens (tertiary/aromatic N) is 3. The molecule has 7 nitrogen and oxygen atoms in total. The van der Waals surface area contributed by atoms with Gasteiger partial charge in [-0.15, -0.1) is 0 Å². The highest BCUT2D eigenvalue weighted by molar-refractivity contribution is 6.30. The van der Waals surface area contributed by atoms with Crippen molar-refractivity contribution in [2.45, 2.75) is 25.3 Å². The second kappa shape index (κ2) is 7.70. The summed E-state index contributed by atoms with van der Waals surface area (Å²) in [7, 11) is 0. The standard InChI is InChI=1S/C16H22ClN5O2/c17-12-4-5-14(19-11-12)21-7-9-22(10-8-21)16(24)20-13-3-1-2-6-18-15(13)23/h4-5,11,13H,1-3,6-10H2,(H,18,23)(H,20,24). The van der Waals surface area contributed by atoms with Gasteiger partial charge in [0, 0.05) is 38.9 Å². The average molecular weight is 352 g/mol. The molecule has 3 heterocycles. The number of carbonyl (C=O) groups excluding carboxylic acids is 2. The molecule has 0 saturated carbocycles. The van der Waals surface area contributed by atoms with Gasteiger partial charge in [0.15, 0.2) is 0 Å². The van der Waals surface area contributed by atoms with Crippen molar-refractivity contribution in [3.63, 3.8) is 0 Å². The molecular formula is C16H22ClN5O2. The normalized spacial score (nSPS) is 21.9. The Balaban J connectivity index is 1.51. The van der Waals surface area contributed by atoms with Gasteiger partial charge in [-0.3, -0.25) is 4.79 Å². The Labute approximate surface area is 146 Å². The molecule has 2 N–H and O–H groups in total. The second-order valence-electron chi connectivity index (χ2n) is 6.10. The first kappa shape index (κ1) is 16.8. The fourth-order valence-electron chi connectivity index (χ4n) is 3.01. The molecule has 3 rings (SSSR count). The molecule has 1 aromatic rings. The molecule has 0 bridgehead atoms. The van der Waals surface area contributed by atoms with Crippen LogP contribution in [0.25, 0.3) is 0 Å². The van der Waals surface area contributed by atoms with Crippen molar-refractivity contribution < 1.29 is 9.59 Å². The van der Waals surface area contributed by atoms with Crippen molar-refractivity contribution in [1.82, 2.24) is 20.5 Å². The van der Waals surface area contributed by atoms with Crippen LogP contribution in [-0.2, 0) is 4.79 Å². The van der Waals surface area contributed by atoms with Crippen LogP contribution in [-0.4, -0.2) is 60.6 Å². The van der Waals surface area contributed by atoms with Crippen LogP contribution in [0.4, 0.5) is 10.6 Å². The van der Waals surface area contributed by atoms with Crippen molar-refractivity contribution in [2.75, 3.05) is 37.6 Å². The van der Waals surface area contributed by atoms with E-state index >= 15 is 0 Å². The van der Waals surface area contributed by atoms with Crippen LogP contribution in [0.2, 0.25) is 5.02 Å². The van der Waals surface area contributed by atoms with E-state index in [0.29, 0.717) is 44.2 Å². The van der Waals surface area contributed by atoms with Crippen LogP contribution in [0.3, 0.4) is 0 Å². The van der Waals surface area contributed by atoms with E-state index in [9.17, 15) is 9.59 Å². The Morgan fingerprint density at radius 1 is 1.25 bits per heavy atom. The molecule has 0 spiro atoms. The molecule has 1 unspecified atom stereocenters. The highest BCUT2D eigenvalue weighted by Crippen LogP contribution is 2.16. The number of urea groups is 1. The molecule has 8 heteroatoms. The Morgan fingerprint density at radius 2 is 2.04 bits per heavy atom. The van der Waals surface area contributed by atoms with E-state index in [1.165, 1.54) is 0 Å². The molecule has 3 amide bonds. The van der Waals surface area contributed by atoms with Crippen molar-refractivity contribution in [2.24, 2.45) is 0 Å². The summed E-state index contributed by atoms with van der Waals surface area (Å²) in [5, 5.41) is 6.31. The molecule has 2 aliphatic heterocycles. The Morgan fingerprint density at radius 3 is 2.75 bits per heavy atom. The van der Waals surface area contributed by atoms with Gasteiger partial charge in [-0.1, -0.05) is 11.6 Å². The molecule has 24 heavy (non-hydrogen) atoms. The van der Waals surface area contributed by atoms with Gasteiger partial charge in [0.25, 0.3) is 0 Å². The maximum atomic E-state index is 12.4. The number of hydrogen-bond acceptors (Lipinski definition) is 4. The first-order valence-electron chi connectivity index (χ1n) is 8.33. The van der Waals surface area contributed by atoms with Gasteiger partial charge in [0.1, 0.15) is 11.9 Å². The summed E-state index contributed by atoms with van der Waals surface area (Å²) in [5.41, 5.74) is 0. The van der Waals surface area contributed by atoms with Crippen molar-refractivity contribution in [3.05, 3.63) is 23.4 Å². The molecule has 2 aliphatic rings. The van der Waals surface area contributed by atoms with Crippen LogP contribution in [0.15, 0.2) is 18.3 Å². The predicted molar refractivity (Wildman–Crippen MR) is 92.2 cm³/mol. The van der Waals surface area contributed by atoms with Gasteiger partial charge >= 0.3 is 6.03 Å². The predicted octanol–water partition coefficient (Wildman–Crippen LogP) is 1.24. The fraction of sp³-hybridized carbons (Fsp3) is 0.562.